The van der Waals surface area contributed by atoms with Gasteiger partial charge in [0.1, 0.15) is 12.4 Å². The predicted octanol–water partition coefficient (Wildman–Crippen LogP) is 6.59. The largest absolute Gasteiger partial charge is 0.476 e. The fourth-order valence-corrected chi connectivity index (χ4v) is 5.59. The van der Waals surface area contributed by atoms with Crippen molar-refractivity contribution in [2.75, 3.05) is 11.5 Å². The van der Waals surface area contributed by atoms with Crippen molar-refractivity contribution in [2.24, 2.45) is 0 Å². The molecule has 4 aromatic rings. The van der Waals surface area contributed by atoms with Gasteiger partial charge in [0.25, 0.3) is 0 Å². The van der Waals surface area contributed by atoms with Crippen LogP contribution in [0.5, 0.6) is 0 Å². The number of rotatable bonds is 4. The maximum atomic E-state index is 14.1. The van der Waals surface area contributed by atoms with Crippen molar-refractivity contribution < 1.29 is 32.6 Å². The van der Waals surface area contributed by atoms with Crippen LogP contribution in [0.15, 0.2) is 84.9 Å². The number of hydrogen-bond donors (Lipinski definition) is 1. The van der Waals surface area contributed by atoms with E-state index in [0.717, 1.165) is 33.2 Å². The number of benzene rings is 3. The number of alkyl halides is 3. The van der Waals surface area contributed by atoms with E-state index >= 15 is 0 Å². The van der Waals surface area contributed by atoms with Crippen LogP contribution < -0.4 is 4.90 Å². The number of ether oxygens (including phenoxy) is 1. The Hall–Kier alpha value is -4.60. The zero-order valence-electron chi connectivity index (χ0n) is 20.4. The average molecular weight is 534 g/mol. The van der Waals surface area contributed by atoms with Gasteiger partial charge in [-0.05, 0) is 27.8 Å². The molecule has 2 heterocycles. The highest BCUT2D eigenvalue weighted by atomic mass is 19.4. The Labute approximate surface area is 221 Å². The first-order chi connectivity index (χ1) is 18.7. The summed E-state index contributed by atoms with van der Waals surface area (Å²) in [4.78, 5) is 26.4. The predicted molar refractivity (Wildman–Crippen MR) is 136 cm³/mol. The molecule has 39 heavy (non-hydrogen) atoms. The molecule has 0 fully saturated rings. The number of carboxylic acid groups (broad SMARTS) is 1. The SMILES string of the molecule is O=C(O)c1cc2n(n1)[C@@H](C(F)(F)F)C[C@@H](c1ccccc1)N2C(=O)OCC1c2ccccc2-c2ccccc21. The van der Waals surface area contributed by atoms with Gasteiger partial charge in [-0.1, -0.05) is 78.9 Å². The van der Waals surface area contributed by atoms with Gasteiger partial charge in [0.2, 0.25) is 0 Å². The smallest absolute Gasteiger partial charge is 0.416 e. The Morgan fingerprint density at radius 2 is 1.51 bits per heavy atom. The zero-order chi connectivity index (χ0) is 27.3. The van der Waals surface area contributed by atoms with E-state index in [-0.39, 0.29) is 18.3 Å². The van der Waals surface area contributed by atoms with E-state index in [1.165, 1.54) is 0 Å². The number of carbonyl (C=O) groups is 2. The number of carboxylic acids is 1. The van der Waals surface area contributed by atoms with Crippen LogP contribution in [0.1, 0.15) is 51.6 Å². The van der Waals surface area contributed by atoms with E-state index in [4.69, 9.17) is 4.74 Å². The fourth-order valence-electron chi connectivity index (χ4n) is 5.59. The summed E-state index contributed by atoms with van der Waals surface area (Å²) < 4.78 is 48.8. The molecule has 0 bridgehead atoms. The number of fused-ring (bicyclic) bond motifs is 4. The second-order valence-electron chi connectivity index (χ2n) is 9.53. The van der Waals surface area contributed by atoms with Crippen molar-refractivity contribution in [3.63, 3.8) is 0 Å². The van der Waals surface area contributed by atoms with Gasteiger partial charge in [-0.2, -0.15) is 18.3 Å². The highest BCUT2D eigenvalue weighted by molar-refractivity contribution is 5.92. The van der Waals surface area contributed by atoms with E-state index in [2.05, 4.69) is 5.10 Å². The number of amides is 1. The monoisotopic (exact) mass is 533 g/mol. The molecule has 7 nitrogen and oxygen atoms in total. The third-order valence-electron chi connectivity index (χ3n) is 7.33. The van der Waals surface area contributed by atoms with Crippen LogP contribution in [0.25, 0.3) is 11.1 Å². The summed E-state index contributed by atoms with van der Waals surface area (Å²) in [5.74, 6) is -2.04. The molecule has 1 aliphatic carbocycles. The van der Waals surface area contributed by atoms with Crippen molar-refractivity contribution in [1.29, 1.82) is 0 Å². The quantitative estimate of drug-likeness (QED) is 0.320. The van der Waals surface area contributed by atoms with Gasteiger partial charge in [-0.25, -0.2) is 14.3 Å². The minimum absolute atomic E-state index is 0.0481. The molecule has 2 atom stereocenters. The third-order valence-corrected chi connectivity index (χ3v) is 7.33. The molecular weight excluding hydrogens is 511 g/mol. The summed E-state index contributed by atoms with van der Waals surface area (Å²) in [6.45, 7) is -0.0481. The Morgan fingerprint density at radius 1 is 0.923 bits per heavy atom. The molecule has 0 unspecified atom stereocenters. The number of aromatic nitrogens is 2. The molecule has 0 saturated carbocycles. The molecule has 1 N–H and O–H groups in total. The Bertz CT molecular complexity index is 1520. The number of anilines is 1. The lowest BCUT2D eigenvalue weighted by atomic mass is 9.95. The third kappa shape index (κ3) is 4.21. The lowest BCUT2D eigenvalue weighted by Crippen LogP contribution is -2.45. The van der Waals surface area contributed by atoms with Crippen LogP contribution in [0.4, 0.5) is 23.8 Å². The molecule has 1 aromatic heterocycles. The second kappa shape index (κ2) is 9.30. The van der Waals surface area contributed by atoms with Gasteiger partial charge in [0, 0.05) is 18.4 Å². The normalized spacial score (nSPS) is 18.3. The summed E-state index contributed by atoms with van der Waals surface area (Å²) in [6.07, 6.45) is -6.16. The molecule has 2 aliphatic rings. The summed E-state index contributed by atoms with van der Waals surface area (Å²) in [7, 11) is 0. The number of halogens is 3. The maximum Gasteiger partial charge on any atom is 0.416 e. The fraction of sp³-hybridized carbons (Fsp3) is 0.207. The van der Waals surface area contributed by atoms with E-state index in [1.54, 1.807) is 30.3 Å². The van der Waals surface area contributed by atoms with Gasteiger partial charge in [0.15, 0.2) is 11.7 Å². The zero-order valence-corrected chi connectivity index (χ0v) is 20.4. The topological polar surface area (TPSA) is 84.7 Å². The van der Waals surface area contributed by atoms with Crippen LogP contribution in [0.2, 0.25) is 0 Å². The standard InChI is InChI=1S/C29H22F3N3O4/c30-29(31,32)25-15-24(17-8-2-1-3-9-17)34(26-14-23(27(36)37)33-35(25)26)28(38)39-16-22-20-12-6-4-10-18(20)19-11-5-7-13-21(19)22/h1-14,22,24-25H,15-16H2,(H,36,37)/t24-,25+/m0/s1. The van der Waals surface area contributed by atoms with Gasteiger partial charge in [-0.15, -0.1) is 0 Å². The van der Waals surface area contributed by atoms with Crippen LogP contribution >= 0.6 is 0 Å². The van der Waals surface area contributed by atoms with Gasteiger partial charge >= 0.3 is 18.2 Å². The van der Waals surface area contributed by atoms with Gasteiger partial charge in [0.05, 0.1) is 6.04 Å². The van der Waals surface area contributed by atoms with E-state index < -0.39 is 42.4 Å². The minimum Gasteiger partial charge on any atom is -0.476 e. The first-order valence-electron chi connectivity index (χ1n) is 12.3. The summed E-state index contributed by atoms with van der Waals surface area (Å²) >= 11 is 0. The summed E-state index contributed by atoms with van der Waals surface area (Å²) in [5, 5.41) is 13.2. The van der Waals surface area contributed by atoms with Crippen LogP contribution in [-0.4, -0.2) is 39.7 Å². The number of aromatic carboxylic acids is 1. The molecule has 1 amide bonds. The molecule has 10 heteroatoms. The van der Waals surface area contributed by atoms with E-state index in [1.807, 2.05) is 48.5 Å². The van der Waals surface area contributed by atoms with Crippen molar-refractivity contribution in [1.82, 2.24) is 9.78 Å². The molecule has 0 saturated heterocycles. The molecule has 0 spiro atoms. The highest BCUT2D eigenvalue weighted by Gasteiger charge is 2.50. The minimum atomic E-state index is -4.73. The lowest BCUT2D eigenvalue weighted by Gasteiger charge is -2.39. The average Bonchev–Trinajstić information content (AvgIpc) is 3.51. The summed E-state index contributed by atoms with van der Waals surface area (Å²) in [6, 6.07) is 21.7. The number of hydrogen-bond acceptors (Lipinski definition) is 4. The first-order valence-corrected chi connectivity index (χ1v) is 12.3. The van der Waals surface area contributed by atoms with Crippen molar-refractivity contribution in [2.45, 2.75) is 30.6 Å². The van der Waals surface area contributed by atoms with Crippen LogP contribution in [0, 0.1) is 0 Å². The number of carbonyl (C=O) groups excluding carboxylic acids is 1. The lowest BCUT2D eigenvalue weighted by molar-refractivity contribution is -0.174. The number of nitrogens with zero attached hydrogens (tertiary/aromatic N) is 3. The Balaban J connectivity index is 1.38. The molecule has 0 radical (unpaired) electrons. The maximum absolute atomic E-state index is 14.1. The molecule has 6 rings (SSSR count). The molecule has 1 aliphatic heterocycles. The van der Waals surface area contributed by atoms with Gasteiger partial charge in [-0.3, -0.25) is 4.90 Å². The van der Waals surface area contributed by atoms with E-state index in [0.29, 0.717) is 10.2 Å². The summed E-state index contributed by atoms with van der Waals surface area (Å²) in [5.41, 5.74) is 3.91. The van der Waals surface area contributed by atoms with Crippen LogP contribution in [0.3, 0.4) is 0 Å². The molecular formula is C29H22F3N3O4. The van der Waals surface area contributed by atoms with E-state index in [9.17, 15) is 27.9 Å². The van der Waals surface area contributed by atoms with Crippen molar-refractivity contribution in [3.8, 4) is 11.1 Å². The van der Waals surface area contributed by atoms with Crippen molar-refractivity contribution in [3.05, 3.63) is 107 Å². The Kier molecular flexibility index (Phi) is 5.90. The highest BCUT2D eigenvalue weighted by Crippen LogP contribution is 2.48. The van der Waals surface area contributed by atoms with Crippen molar-refractivity contribution >= 4 is 17.9 Å². The Morgan fingerprint density at radius 3 is 2.10 bits per heavy atom. The first kappa shape index (κ1) is 24.7. The van der Waals surface area contributed by atoms with Gasteiger partial charge < -0.3 is 9.84 Å². The van der Waals surface area contributed by atoms with Crippen LogP contribution in [-0.2, 0) is 4.74 Å². The molecule has 198 valence electrons. The second-order valence-corrected chi connectivity index (χ2v) is 9.53. The molecule has 3 aromatic carbocycles.